The number of aromatic nitrogens is 5. The molecule has 0 amide bonds. The van der Waals surface area contributed by atoms with E-state index in [4.69, 9.17) is 20.1 Å². The first-order valence-electron chi connectivity index (χ1n) is 20.7. The van der Waals surface area contributed by atoms with Crippen LogP contribution in [0.4, 0.5) is 0 Å². The largest absolute Gasteiger partial charge is 0.231 e. The van der Waals surface area contributed by atoms with Gasteiger partial charge in [0.15, 0.2) is 17.5 Å². The van der Waals surface area contributed by atoms with E-state index in [1.165, 1.54) is 31.1 Å². The Morgan fingerprint density at radius 1 is 0.371 bits per heavy atom. The molecule has 0 aliphatic rings. The zero-order chi connectivity index (χ0) is 41.0. The highest BCUT2D eigenvalue weighted by Crippen LogP contribution is 2.42. The molecule has 5 nitrogen and oxygen atoms in total. The van der Waals surface area contributed by atoms with E-state index in [1.807, 2.05) is 41.7 Å². The molecule has 62 heavy (non-hydrogen) atoms. The highest BCUT2D eigenvalue weighted by atomic mass is 32.1. The standard InChI is InChI=1S/C56H35N5S/c1-4-15-37(16-5-1)47-35-43-21-10-11-22-45(43)53-50(38-17-6-2-7-18-38)52(60-61(47)53)39-29-33-42(34-30-39)56-58-54(40-19-8-3-9-20-40)57-55(59-56)41-31-27-36(28-32-41)44-24-14-26-49-51(44)46-23-12-13-25-48(46)62-49/h1-35H. The molecule has 0 atom stereocenters. The summed E-state index contributed by atoms with van der Waals surface area (Å²) in [6, 6.07) is 74.4. The van der Waals surface area contributed by atoms with Crippen molar-refractivity contribution in [1.29, 1.82) is 0 Å². The van der Waals surface area contributed by atoms with Crippen LogP contribution >= 0.6 is 11.3 Å². The Morgan fingerprint density at radius 3 is 1.53 bits per heavy atom. The Hall–Kier alpha value is -8.06. The molecule has 0 spiro atoms. The maximum Gasteiger partial charge on any atom is 0.164 e. The van der Waals surface area contributed by atoms with Gasteiger partial charge in [0.25, 0.3) is 0 Å². The van der Waals surface area contributed by atoms with Gasteiger partial charge in [-0.1, -0.05) is 194 Å². The maximum atomic E-state index is 5.43. The Bertz CT molecular complexity index is 3600. The molecule has 0 aliphatic heterocycles. The molecule has 0 saturated heterocycles. The molecule has 8 aromatic carbocycles. The number of thiophene rings is 1. The van der Waals surface area contributed by atoms with E-state index in [1.54, 1.807) is 0 Å². The molecule has 0 radical (unpaired) electrons. The summed E-state index contributed by atoms with van der Waals surface area (Å²) in [6.45, 7) is 0. The van der Waals surface area contributed by atoms with Crippen molar-refractivity contribution in [3.63, 3.8) is 0 Å². The van der Waals surface area contributed by atoms with Crippen LogP contribution in [-0.2, 0) is 0 Å². The highest BCUT2D eigenvalue weighted by molar-refractivity contribution is 7.25. The number of benzene rings is 8. The second-order valence-electron chi connectivity index (χ2n) is 15.4. The molecule has 4 aromatic heterocycles. The second-order valence-corrected chi connectivity index (χ2v) is 16.5. The maximum absolute atomic E-state index is 5.43. The number of hydrogen-bond acceptors (Lipinski definition) is 5. The van der Waals surface area contributed by atoms with E-state index in [2.05, 4.69) is 187 Å². The molecule has 12 rings (SSSR count). The van der Waals surface area contributed by atoms with E-state index >= 15 is 0 Å². The van der Waals surface area contributed by atoms with Crippen molar-refractivity contribution in [3.8, 4) is 78.9 Å². The number of hydrogen-bond donors (Lipinski definition) is 0. The van der Waals surface area contributed by atoms with E-state index in [0.29, 0.717) is 17.5 Å². The third-order valence-corrected chi connectivity index (χ3v) is 12.8. The van der Waals surface area contributed by atoms with Crippen LogP contribution in [-0.4, -0.2) is 24.6 Å². The first-order valence-corrected chi connectivity index (χ1v) is 21.5. The molecular formula is C56H35N5S. The fraction of sp³-hybridized carbons (Fsp3) is 0. The second kappa shape index (κ2) is 14.9. The van der Waals surface area contributed by atoms with E-state index in [9.17, 15) is 0 Å². The molecule has 0 aliphatic carbocycles. The predicted octanol–water partition coefficient (Wildman–Crippen LogP) is 14.7. The van der Waals surface area contributed by atoms with Gasteiger partial charge in [0.2, 0.25) is 0 Å². The smallest absolute Gasteiger partial charge is 0.164 e. The molecule has 0 N–H and O–H groups in total. The van der Waals surface area contributed by atoms with Gasteiger partial charge in [-0.15, -0.1) is 11.3 Å². The summed E-state index contributed by atoms with van der Waals surface area (Å²) in [5.74, 6) is 1.85. The van der Waals surface area contributed by atoms with Gasteiger partial charge in [0, 0.05) is 58.9 Å². The summed E-state index contributed by atoms with van der Waals surface area (Å²) in [5, 5.41) is 10.3. The summed E-state index contributed by atoms with van der Waals surface area (Å²) >= 11 is 1.84. The Balaban J connectivity index is 0.978. The normalized spacial score (nSPS) is 11.5. The van der Waals surface area contributed by atoms with Gasteiger partial charge in [-0.05, 0) is 40.3 Å². The third kappa shape index (κ3) is 6.16. The van der Waals surface area contributed by atoms with Crippen molar-refractivity contribution < 1.29 is 0 Å². The average Bonchev–Trinajstić information content (AvgIpc) is 3.95. The van der Waals surface area contributed by atoms with Crippen LogP contribution in [0.5, 0.6) is 0 Å². The van der Waals surface area contributed by atoms with E-state index < -0.39 is 0 Å². The van der Waals surface area contributed by atoms with Crippen LogP contribution in [0.25, 0.3) is 115 Å². The zero-order valence-electron chi connectivity index (χ0n) is 33.4. The molecule has 0 unspecified atom stereocenters. The third-order valence-electron chi connectivity index (χ3n) is 11.7. The summed E-state index contributed by atoms with van der Waals surface area (Å²) in [7, 11) is 0. The van der Waals surface area contributed by atoms with Crippen molar-refractivity contribution in [1.82, 2.24) is 24.6 Å². The first kappa shape index (κ1) is 35.8. The van der Waals surface area contributed by atoms with Gasteiger partial charge in [0.1, 0.15) is 5.69 Å². The van der Waals surface area contributed by atoms with Gasteiger partial charge in [-0.2, -0.15) is 5.10 Å². The van der Waals surface area contributed by atoms with Crippen molar-refractivity contribution >= 4 is 47.8 Å². The lowest BCUT2D eigenvalue weighted by Crippen LogP contribution is -2.00. The van der Waals surface area contributed by atoms with Crippen molar-refractivity contribution in [3.05, 3.63) is 212 Å². The molecular weight excluding hydrogens is 775 g/mol. The van der Waals surface area contributed by atoms with Crippen LogP contribution in [0.2, 0.25) is 0 Å². The molecule has 6 heteroatoms. The van der Waals surface area contributed by atoms with Crippen molar-refractivity contribution in [2.45, 2.75) is 0 Å². The summed E-state index contributed by atoms with van der Waals surface area (Å²) in [5.41, 5.74) is 12.4. The number of rotatable bonds is 7. The fourth-order valence-electron chi connectivity index (χ4n) is 8.72. The zero-order valence-corrected chi connectivity index (χ0v) is 34.2. The van der Waals surface area contributed by atoms with Gasteiger partial charge in [-0.3, -0.25) is 0 Å². The van der Waals surface area contributed by atoms with Crippen LogP contribution < -0.4 is 0 Å². The number of pyridine rings is 1. The highest BCUT2D eigenvalue weighted by Gasteiger charge is 2.22. The molecule has 0 bridgehead atoms. The topological polar surface area (TPSA) is 56.0 Å². The average molecular weight is 810 g/mol. The monoisotopic (exact) mass is 809 g/mol. The van der Waals surface area contributed by atoms with Gasteiger partial charge >= 0.3 is 0 Å². The summed E-state index contributed by atoms with van der Waals surface area (Å²) < 4.78 is 4.71. The molecule has 12 aromatic rings. The number of fused-ring (bicyclic) bond motifs is 6. The van der Waals surface area contributed by atoms with Gasteiger partial charge in [0.05, 0.1) is 11.2 Å². The minimum atomic E-state index is 0.606. The molecule has 4 heterocycles. The summed E-state index contributed by atoms with van der Waals surface area (Å²) in [4.78, 5) is 15.2. The lowest BCUT2D eigenvalue weighted by atomic mass is 9.96. The number of nitrogens with zero attached hydrogens (tertiary/aromatic N) is 5. The van der Waals surface area contributed by atoms with Gasteiger partial charge < -0.3 is 0 Å². The SMILES string of the molecule is c1ccc(-c2nc(-c3ccc(-c4nn5c(-c6ccccc6)cc6ccccc6c5c4-c4ccccc4)cc3)nc(-c3ccc(-c4cccc5sc6ccccc6c45)cc3)n2)cc1. The lowest BCUT2D eigenvalue weighted by Gasteiger charge is -2.11. The minimum Gasteiger partial charge on any atom is -0.231 e. The lowest BCUT2D eigenvalue weighted by molar-refractivity contribution is 0.979. The van der Waals surface area contributed by atoms with E-state index in [-0.39, 0.29) is 0 Å². The Kier molecular flexibility index (Phi) is 8.61. The Morgan fingerprint density at radius 2 is 0.871 bits per heavy atom. The van der Waals surface area contributed by atoms with Crippen molar-refractivity contribution in [2.75, 3.05) is 0 Å². The van der Waals surface area contributed by atoms with Crippen LogP contribution in [0.1, 0.15) is 0 Å². The van der Waals surface area contributed by atoms with Gasteiger partial charge in [-0.25, -0.2) is 19.5 Å². The van der Waals surface area contributed by atoms with Crippen LogP contribution in [0.15, 0.2) is 212 Å². The van der Waals surface area contributed by atoms with E-state index in [0.717, 1.165) is 66.8 Å². The minimum absolute atomic E-state index is 0.606. The fourth-order valence-corrected chi connectivity index (χ4v) is 9.86. The molecule has 290 valence electrons. The summed E-state index contributed by atoms with van der Waals surface area (Å²) in [6.07, 6.45) is 0. The molecule has 0 fully saturated rings. The predicted molar refractivity (Wildman–Crippen MR) is 257 cm³/mol. The Labute approximate surface area is 361 Å². The van der Waals surface area contributed by atoms with Crippen molar-refractivity contribution in [2.24, 2.45) is 0 Å². The molecule has 0 saturated carbocycles. The van der Waals surface area contributed by atoms with Crippen LogP contribution in [0, 0.1) is 0 Å². The van der Waals surface area contributed by atoms with Crippen LogP contribution in [0.3, 0.4) is 0 Å². The quantitative estimate of drug-likeness (QED) is 0.161. The first-order chi connectivity index (χ1) is 30.7.